The predicted molar refractivity (Wildman–Crippen MR) is 68.2 cm³/mol. The average molecular weight is 246 g/mol. The van der Waals surface area contributed by atoms with Crippen molar-refractivity contribution in [1.29, 1.82) is 0 Å². The lowest BCUT2D eigenvalue weighted by Crippen LogP contribution is -2.13. The van der Waals surface area contributed by atoms with Crippen molar-refractivity contribution in [3.8, 4) is 0 Å². The number of thiol groups is 1. The first-order chi connectivity index (χ1) is 8.22. The van der Waals surface area contributed by atoms with Crippen molar-refractivity contribution < 1.29 is 14.3 Å². The molecule has 0 spiro atoms. The number of ether oxygens (including phenoxy) is 1. The van der Waals surface area contributed by atoms with Crippen molar-refractivity contribution in [2.45, 2.75) is 0 Å². The zero-order valence-electron chi connectivity index (χ0n) is 8.92. The predicted octanol–water partition coefficient (Wildman–Crippen LogP) is 2.45. The van der Waals surface area contributed by atoms with Crippen molar-refractivity contribution in [1.82, 2.24) is 0 Å². The van der Waals surface area contributed by atoms with E-state index in [1.165, 1.54) is 0 Å². The summed E-state index contributed by atoms with van der Waals surface area (Å²) in [4.78, 5) is 22.8. The SMILES string of the molecule is O=C(CS)OC(=O)c1cccc2ccccc12. The second kappa shape index (κ2) is 5.01. The van der Waals surface area contributed by atoms with Crippen molar-refractivity contribution in [2.24, 2.45) is 0 Å². The molecule has 0 radical (unpaired) electrons. The van der Waals surface area contributed by atoms with E-state index in [1.54, 1.807) is 12.1 Å². The third-order valence-electron chi connectivity index (χ3n) is 2.35. The van der Waals surface area contributed by atoms with Crippen molar-refractivity contribution in [3.63, 3.8) is 0 Å². The minimum atomic E-state index is -0.647. The molecule has 0 fully saturated rings. The fraction of sp³-hybridized carbons (Fsp3) is 0.0769. The average Bonchev–Trinajstić information content (AvgIpc) is 2.37. The number of carbonyl (C=O) groups excluding carboxylic acids is 2. The maximum atomic E-state index is 11.8. The fourth-order valence-corrected chi connectivity index (χ4v) is 1.66. The highest BCUT2D eigenvalue weighted by Crippen LogP contribution is 2.19. The Kier molecular flexibility index (Phi) is 3.44. The normalized spacial score (nSPS) is 10.2. The lowest BCUT2D eigenvalue weighted by molar-refractivity contribution is -0.134. The molecular formula is C13H10O3S. The second-order valence-electron chi connectivity index (χ2n) is 3.45. The summed E-state index contributed by atoms with van der Waals surface area (Å²) in [6.45, 7) is 0. The zero-order valence-corrected chi connectivity index (χ0v) is 9.81. The minimum absolute atomic E-state index is 0.115. The first kappa shape index (κ1) is 11.7. The third-order valence-corrected chi connectivity index (χ3v) is 2.60. The number of carbonyl (C=O) groups is 2. The topological polar surface area (TPSA) is 43.4 Å². The van der Waals surface area contributed by atoms with Gasteiger partial charge in [0.15, 0.2) is 0 Å². The lowest BCUT2D eigenvalue weighted by Gasteiger charge is -2.05. The van der Waals surface area contributed by atoms with Crippen LogP contribution in [-0.2, 0) is 9.53 Å². The monoisotopic (exact) mass is 246 g/mol. The summed E-state index contributed by atoms with van der Waals surface area (Å²) in [6, 6.07) is 12.7. The van der Waals surface area contributed by atoms with Crippen molar-refractivity contribution in [2.75, 3.05) is 5.75 Å². The molecule has 2 rings (SSSR count). The van der Waals surface area contributed by atoms with E-state index in [0.29, 0.717) is 5.56 Å². The van der Waals surface area contributed by atoms with Crippen molar-refractivity contribution in [3.05, 3.63) is 48.0 Å². The molecule has 0 saturated carbocycles. The van der Waals surface area contributed by atoms with E-state index < -0.39 is 11.9 Å². The molecule has 0 amide bonds. The van der Waals surface area contributed by atoms with Gasteiger partial charge in [-0.3, -0.25) is 4.79 Å². The quantitative estimate of drug-likeness (QED) is 0.503. The van der Waals surface area contributed by atoms with Crippen LogP contribution in [0.15, 0.2) is 42.5 Å². The highest BCUT2D eigenvalue weighted by atomic mass is 32.1. The van der Waals surface area contributed by atoms with Crippen LogP contribution < -0.4 is 0 Å². The Morgan fingerprint density at radius 2 is 1.76 bits per heavy atom. The van der Waals surface area contributed by atoms with E-state index in [9.17, 15) is 9.59 Å². The molecule has 0 N–H and O–H groups in total. The number of hydrogen-bond donors (Lipinski definition) is 1. The summed E-state index contributed by atoms with van der Waals surface area (Å²) in [7, 11) is 0. The molecule has 0 aliphatic heterocycles. The molecule has 0 atom stereocenters. The van der Waals surface area contributed by atoms with Gasteiger partial charge in [-0.2, -0.15) is 12.6 Å². The number of fused-ring (bicyclic) bond motifs is 1. The Morgan fingerprint density at radius 3 is 2.53 bits per heavy atom. The zero-order chi connectivity index (χ0) is 12.3. The molecule has 0 aromatic heterocycles. The molecule has 3 nitrogen and oxygen atoms in total. The molecule has 17 heavy (non-hydrogen) atoms. The Balaban J connectivity index is 2.41. The second-order valence-corrected chi connectivity index (χ2v) is 3.76. The van der Waals surface area contributed by atoms with Gasteiger partial charge in [-0.25, -0.2) is 4.79 Å². The van der Waals surface area contributed by atoms with E-state index in [4.69, 9.17) is 0 Å². The van der Waals surface area contributed by atoms with Gasteiger partial charge in [-0.15, -0.1) is 0 Å². The van der Waals surface area contributed by atoms with E-state index >= 15 is 0 Å². The van der Waals surface area contributed by atoms with E-state index in [0.717, 1.165) is 10.8 Å². The van der Waals surface area contributed by atoms with Crippen LogP contribution in [0, 0.1) is 0 Å². The Morgan fingerprint density at radius 1 is 1.06 bits per heavy atom. The van der Waals surface area contributed by atoms with Gasteiger partial charge < -0.3 is 4.74 Å². The third kappa shape index (κ3) is 2.47. The van der Waals surface area contributed by atoms with Crippen LogP contribution in [0.3, 0.4) is 0 Å². The molecule has 4 heteroatoms. The van der Waals surface area contributed by atoms with Gasteiger partial charge >= 0.3 is 11.9 Å². The maximum absolute atomic E-state index is 11.8. The Bertz CT molecular complexity index is 572. The standard InChI is InChI=1S/C13H10O3S/c14-12(8-17)16-13(15)11-7-3-5-9-4-1-2-6-10(9)11/h1-7,17H,8H2. The van der Waals surface area contributed by atoms with Crippen LogP contribution in [0.5, 0.6) is 0 Å². The van der Waals surface area contributed by atoms with Crippen LogP contribution in [0.25, 0.3) is 10.8 Å². The molecule has 0 heterocycles. The summed E-state index contributed by atoms with van der Waals surface area (Å²) in [5, 5.41) is 1.70. The largest absolute Gasteiger partial charge is 0.389 e. The number of rotatable bonds is 2. The van der Waals surface area contributed by atoms with Gasteiger partial charge in [-0.1, -0.05) is 36.4 Å². The van der Waals surface area contributed by atoms with Gasteiger partial charge in [-0.05, 0) is 16.8 Å². The summed E-state index contributed by atoms with van der Waals surface area (Å²) in [6.07, 6.45) is 0. The van der Waals surface area contributed by atoms with E-state index in [1.807, 2.05) is 30.3 Å². The summed E-state index contributed by atoms with van der Waals surface area (Å²) >= 11 is 3.75. The van der Waals surface area contributed by atoms with Gasteiger partial charge in [0, 0.05) is 0 Å². The fourth-order valence-electron chi connectivity index (χ4n) is 1.59. The van der Waals surface area contributed by atoms with Gasteiger partial charge in [0.1, 0.15) is 0 Å². The van der Waals surface area contributed by atoms with Gasteiger partial charge in [0.25, 0.3) is 0 Å². The smallest absolute Gasteiger partial charge is 0.346 e. The minimum Gasteiger partial charge on any atom is -0.389 e. The number of esters is 2. The lowest BCUT2D eigenvalue weighted by atomic mass is 10.1. The molecule has 0 bridgehead atoms. The molecular weight excluding hydrogens is 236 g/mol. The highest BCUT2D eigenvalue weighted by molar-refractivity contribution is 7.81. The van der Waals surface area contributed by atoms with Crippen LogP contribution in [0.1, 0.15) is 10.4 Å². The number of benzene rings is 2. The van der Waals surface area contributed by atoms with Gasteiger partial charge in [0.05, 0.1) is 11.3 Å². The van der Waals surface area contributed by atoms with Crippen LogP contribution in [0.4, 0.5) is 0 Å². The van der Waals surface area contributed by atoms with E-state index in [-0.39, 0.29) is 5.75 Å². The molecule has 2 aromatic carbocycles. The molecule has 0 saturated heterocycles. The molecule has 0 aliphatic rings. The molecule has 0 aliphatic carbocycles. The first-order valence-corrected chi connectivity index (χ1v) is 5.69. The molecule has 86 valence electrons. The van der Waals surface area contributed by atoms with Gasteiger partial charge in [0.2, 0.25) is 0 Å². The number of hydrogen-bond acceptors (Lipinski definition) is 4. The van der Waals surface area contributed by atoms with E-state index in [2.05, 4.69) is 17.4 Å². The first-order valence-electron chi connectivity index (χ1n) is 5.06. The highest BCUT2D eigenvalue weighted by Gasteiger charge is 2.14. The summed E-state index contributed by atoms with van der Waals surface area (Å²) in [5.74, 6) is -1.40. The summed E-state index contributed by atoms with van der Waals surface area (Å²) in [5.41, 5.74) is 0.387. The van der Waals surface area contributed by atoms with Crippen LogP contribution in [-0.4, -0.2) is 17.7 Å². The molecule has 0 unspecified atom stereocenters. The van der Waals surface area contributed by atoms with Crippen LogP contribution >= 0.6 is 12.6 Å². The van der Waals surface area contributed by atoms with Crippen LogP contribution in [0.2, 0.25) is 0 Å². The Labute approximate surface area is 104 Å². The maximum Gasteiger partial charge on any atom is 0.346 e. The summed E-state index contributed by atoms with van der Waals surface area (Å²) < 4.78 is 4.64. The van der Waals surface area contributed by atoms with Crippen molar-refractivity contribution >= 4 is 35.3 Å². The molecule has 2 aromatic rings. The Hall–Kier alpha value is -1.81.